The summed E-state index contributed by atoms with van der Waals surface area (Å²) in [6, 6.07) is 6.15. The van der Waals surface area contributed by atoms with Crippen LogP contribution in [0.3, 0.4) is 0 Å². The Balaban J connectivity index is 2.81. The Bertz CT molecular complexity index is 337. The van der Waals surface area contributed by atoms with Gasteiger partial charge >= 0.3 is 0 Å². The van der Waals surface area contributed by atoms with Gasteiger partial charge in [0.25, 0.3) is 0 Å². The molecule has 1 rings (SSSR count). The lowest BCUT2D eigenvalue weighted by atomic mass is 9.95. The van der Waals surface area contributed by atoms with Gasteiger partial charge in [-0.2, -0.15) is 0 Å². The molecule has 1 aromatic carbocycles. The molecule has 1 aromatic rings. The highest BCUT2D eigenvalue weighted by Gasteiger charge is 2.13. The van der Waals surface area contributed by atoms with Crippen LogP contribution in [0, 0.1) is 12.8 Å². The fourth-order valence-corrected chi connectivity index (χ4v) is 2.00. The van der Waals surface area contributed by atoms with Crippen molar-refractivity contribution in [3.05, 3.63) is 34.3 Å². The number of benzene rings is 1. The highest BCUT2D eigenvalue weighted by atomic mass is 35.5. The molecule has 0 aliphatic carbocycles. The average Bonchev–Trinajstić information content (AvgIpc) is 2.23. The lowest BCUT2D eigenvalue weighted by molar-refractivity contribution is 0.447. The van der Waals surface area contributed by atoms with Crippen molar-refractivity contribution in [2.24, 2.45) is 11.8 Å². The van der Waals surface area contributed by atoms with Crippen molar-refractivity contribution >= 4 is 11.6 Å². The summed E-state index contributed by atoms with van der Waals surface area (Å²) in [7, 11) is 0. The van der Waals surface area contributed by atoms with Crippen LogP contribution in [0.4, 0.5) is 0 Å². The summed E-state index contributed by atoms with van der Waals surface area (Å²) in [6.45, 7) is 6.53. The maximum absolute atomic E-state index is 6.01. The van der Waals surface area contributed by atoms with E-state index in [0.29, 0.717) is 5.92 Å². The molecule has 90 valence electrons. The van der Waals surface area contributed by atoms with Crippen molar-refractivity contribution in [1.82, 2.24) is 5.43 Å². The van der Waals surface area contributed by atoms with Crippen LogP contribution < -0.4 is 11.3 Å². The molecule has 0 aliphatic heterocycles. The third kappa shape index (κ3) is 3.78. The van der Waals surface area contributed by atoms with Gasteiger partial charge in [-0.15, -0.1) is 0 Å². The van der Waals surface area contributed by atoms with Gasteiger partial charge in [-0.1, -0.05) is 31.5 Å². The van der Waals surface area contributed by atoms with E-state index in [4.69, 9.17) is 17.4 Å². The van der Waals surface area contributed by atoms with E-state index in [1.165, 1.54) is 11.1 Å². The number of rotatable bonds is 5. The standard InChI is InChI=1S/C13H21ClN2/c1-9(2)4-7-13(16-15)12-8-11(14)6-5-10(12)3/h5-6,8-9,13,16H,4,7,15H2,1-3H3. The second-order valence-corrected chi connectivity index (χ2v) is 5.13. The molecule has 0 saturated carbocycles. The third-order valence-corrected chi connectivity index (χ3v) is 3.09. The van der Waals surface area contributed by atoms with Crippen molar-refractivity contribution < 1.29 is 0 Å². The Hall–Kier alpha value is -0.570. The highest BCUT2D eigenvalue weighted by molar-refractivity contribution is 6.30. The fourth-order valence-electron chi connectivity index (χ4n) is 1.82. The molecular weight excluding hydrogens is 220 g/mol. The van der Waals surface area contributed by atoms with E-state index in [1.54, 1.807) is 0 Å². The maximum Gasteiger partial charge on any atom is 0.0463 e. The quantitative estimate of drug-likeness (QED) is 0.610. The molecular formula is C13H21ClN2. The SMILES string of the molecule is Cc1ccc(Cl)cc1C(CCC(C)C)NN. The zero-order valence-corrected chi connectivity index (χ0v) is 11.0. The number of hydrogen-bond donors (Lipinski definition) is 2. The Labute approximate surface area is 103 Å². The Morgan fingerprint density at radius 2 is 2.00 bits per heavy atom. The molecule has 0 spiro atoms. The number of hydrazine groups is 1. The van der Waals surface area contributed by atoms with Crippen LogP contribution in [0.5, 0.6) is 0 Å². The minimum Gasteiger partial charge on any atom is -0.271 e. The third-order valence-electron chi connectivity index (χ3n) is 2.85. The fraction of sp³-hybridized carbons (Fsp3) is 0.538. The maximum atomic E-state index is 6.01. The van der Waals surface area contributed by atoms with Crippen LogP contribution in [-0.4, -0.2) is 0 Å². The summed E-state index contributed by atoms with van der Waals surface area (Å²) in [4.78, 5) is 0. The van der Waals surface area contributed by atoms with E-state index in [1.807, 2.05) is 18.2 Å². The van der Waals surface area contributed by atoms with E-state index in [0.717, 1.165) is 17.9 Å². The van der Waals surface area contributed by atoms with E-state index >= 15 is 0 Å². The summed E-state index contributed by atoms with van der Waals surface area (Å²) in [5.41, 5.74) is 5.32. The van der Waals surface area contributed by atoms with E-state index in [9.17, 15) is 0 Å². The lowest BCUT2D eigenvalue weighted by Gasteiger charge is -2.19. The number of halogens is 1. The van der Waals surface area contributed by atoms with Crippen molar-refractivity contribution in [3.63, 3.8) is 0 Å². The molecule has 0 radical (unpaired) electrons. The Morgan fingerprint density at radius 3 is 2.56 bits per heavy atom. The monoisotopic (exact) mass is 240 g/mol. The number of hydrogen-bond acceptors (Lipinski definition) is 2. The molecule has 1 unspecified atom stereocenters. The molecule has 3 N–H and O–H groups in total. The molecule has 1 atom stereocenters. The Morgan fingerprint density at radius 1 is 1.31 bits per heavy atom. The van der Waals surface area contributed by atoms with E-state index < -0.39 is 0 Å². The first kappa shape index (κ1) is 13.5. The second-order valence-electron chi connectivity index (χ2n) is 4.69. The largest absolute Gasteiger partial charge is 0.271 e. The van der Waals surface area contributed by atoms with Gasteiger partial charge in [0.1, 0.15) is 0 Å². The first-order chi connectivity index (χ1) is 7.54. The van der Waals surface area contributed by atoms with Crippen LogP contribution >= 0.6 is 11.6 Å². The van der Waals surface area contributed by atoms with Gasteiger partial charge in [0.2, 0.25) is 0 Å². The molecule has 0 saturated heterocycles. The molecule has 2 nitrogen and oxygen atoms in total. The van der Waals surface area contributed by atoms with Crippen LogP contribution in [0.25, 0.3) is 0 Å². The molecule has 16 heavy (non-hydrogen) atoms. The summed E-state index contributed by atoms with van der Waals surface area (Å²) in [5.74, 6) is 6.31. The van der Waals surface area contributed by atoms with Crippen molar-refractivity contribution in [1.29, 1.82) is 0 Å². The molecule has 3 heteroatoms. The van der Waals surface area contributed by atoms with E-state index in [-0.39, 0.29) is 6.04 Å². The lowest BCUT2D eigenvalue weighted by Crippen LogP contribution is -2.28. The van der Waals surface area contributed by atoms with Crippen LogP contribution in [0.15, 0.2) is 18.2 Å². The second kappa shape index (κ2) is 6.24. The van der Waals surface area contributed by atoms with Gasteiger partial charge in [0.15, 0.2) is 0 Å². The Kier molecular flexibility index (Phi) is 5.26. The summed E-state index contributed by atoms with van der Waals surface area (Å²) < 4.78 is 0. The molecule has 0 aliphatic rings. The van der Waals surface area contributed by atoms with Crippen molar-refractivity contribution in [2.45, 2.75) is 39.7 Å². The van der Waals surface area contributed by atoms with Gasteiger partial charge in [-0.3, -0.25) is 11.3 Å². The number of nitrogens with one attached hydrogen (secondary N) is 1. The van der Waals surface area contributed by atoms with Gasteiger partial charge in [-0.05, 0) is 48.9 Å². The van der Waals surface area contributed by atoms with Gasteiger partial charge in [0, 0.05) is 11.1 Å². The predicted molar refractivity (Wildman–Crippen MR) is 70.3 cm³/mol. The van der Waals surface area contributed by atoms with Crippen LogP contribution in [0.1, 0.15) is 43.9 Å². The van der Waals surface area contributed by atoms with Crippen LogP contribution in [-0.2, 0) is 0 Å². The zero-order chi connectivity index (χ0) is 12.1. The van der Waals surface area contributed by atoms with Gasteiger partial charge in [0.05, 0.1) is 0 Å². The summed E-state index contributed by atoms with van der Waals surface area (Å²) >= 11 is 6.01. The molecule has 0 aromatic heterocycles. The topological polar surface area (TPSA) is 38.0 Å². The highest BCUT2D eigenvalue weighted by Crippen LogP contribution is 2.25. The summed E-state index contributed by atoms with van der Waals surface area (Å²) in [5, 5.41) is 0.769. The van der Waals surface area contributed by atoms with Crippen molar-refractivity contribution in [3.8, 4) is 0 Å². The summed E-state index contributed by atoms with van der Waals surface area (Å²) in [6.07, 6.45) is 2.19. The van der Waals surface area contributed by atoms with Crippen LogP contribution in [0.2, 0.25) is 5.02 Å². The molecule has 0 bridgehead atoms. The minimum absolute atomic E-state index is 0.195. The number of aryl methyl sites for hydroxylation is 1. The first-order valence-electron chi connectivity index (χ1n) is 5.76. The molecule has 0 heterocycles. The van der Waals surface area contributed by atoms with Gasteiger partial charge < -0.3 is 0 Å². The smallest absolute Gasteiger partial charge is 0.0463 e. The normalized spacial score (nSPS) is 13.1. The van der Waals surface area contributed by atoms with Gasteiger partial charge in [-0.25, -0.2) is 0 Å². The van der Waals surface area contributed by atoms with E-state index in [2.05, 4.69) is 26.2 Å². The first-order valence-corrected chi connectivity index (χ1v) is 6.14. The molecule has 0 fully saturated rings. The minimum atomic E-state index is 0.195. The van der Waals surface area contributed by atoms with Crippen molar-refractivity contribution in [2.75, 3.05) is 0 Å². The average molecular weight is 241 g/mol. The molecule has 0 amide bonds. The predicted octanol–water partition coefficient (Wildman–Crippen LogP) is 3.59. The zero-order valence-electron chi connectivity index (χ0n) is 10.3. The number of nitrogens with two attached hydrogens (primary N) is 1.